The molecule has 1 aliphatic rings. The summed E-state index contributed by atoms with van der Waals surface area (Å²) >= 11 is 0. The quantitative estimate of drug-likeness (QED) is 0.762. The van der Waals surface area contributed by atoms with Crippen molar-refractivity contribution in [1.29, 1.82) is 5.26 Å². The average Bonchev–Trinajstić information content (AvgIpc) is 2.47. The molecule has 0 amide bonds. The van der Waals surface area contributed by atoms with Crippen LogP contribution in [0.5, 0.6) is 5.75 Å². The van der Waals surface area contributed by atoms with Gasteiger partial charge in [-0.25, -0.2) is 0 Å². The monoisotopic (exact) mass is 245 g/mol. The van der Waals surface area contributed by atoms with Gasteiger partial charge in [0.15, 0.2) is 0 Å². The number of aromatic hydroxyl groups is 1. The summed E-state index contributed by atoms with van der Waals surface area (Å²) in [5, 5.41) is 18.8. The summed E-state index contributed by atoms with van der Waals surface area (Å²) in [5.41, 5.74) is -0.154. The van der Waals surface area contributed by atoms with Crippen molar-refractivity contribution in [2.24, 2.45) is 0 Å². The Bertz CT molecular complexity index is 503. The fourth-order valence-electron chi connectivity index (χ4n) is 1.85. The topological polar surface area (TPSA) is 62.5 Å². The zero-order valence-corrected chi connectivity index (χ0v) is 11.0. The van der Waals surface area contributed by atoms with Gasteiger partial charge < -0.3 is 14.4 Å². The summed E-state index contributed by atoms with van der Waals surface area (Å²) in [6.07, 6.45) is 0. The van der Waals surface area contributed by atoms with Crippen molar-refractivity contribution in [2.75, 3.05) is 0 Å². The van der Waals surface area contributed by atoms with Gasteiger partial charge in [-0.1, -0.05) is 12.1 Å². The molecule has 4 nitrogen and oxygen atoms in total. The maximum atomic E-state index is 9.68. The zero-order valence-electron chi connectivity index (χ0n) is 11.0. The fraction of sp³-hybridized carbons (Fsp3) is 0.462. The van der Waals surface area contributed by atoms with Crippen LogP contribution in [0.4, 0.5) is 0 Å². The van der Waals surface area contributed by atoms with Gasteiger partial charge in [0.1, 0.15) is 11.8 Å². The molecule has 2 rings (SSSR count). The Labute approximate surface area is 107 Å². The first kappa shape index (κ1) is 12.9. The van der Waals surface area contributed by atoms with E-state index < -0.39 is 18.3 Å². The summed E-state index contributed by atoms with van der Waals surface area (Å²) in [7, 11) is -0.628. The predicted molar refractivity (Wildman–Crippen MR) is 68.5 cm³/mol. The van der Waals surface area contributed by atoms with E-state index in [9.17, 15) is 5.11 Å². The van der Waals surface area contributed by atoms with Crippen LogP contribution in [-0.2, 0) is 9.31 Å². The molecule has 5 heteroatoms. The van der Waals surface area contributed by atoms with Crippen LogP contribution in [0, 0.1) is 11.3 Å². The number of hydrogen-bond donors (Lipinski definition) is 1. The molecular formula is C13H16BNO3. The first-order valence-corrected chi connectivity index (χ1v) is 5.86. The Hall–Kier alpha value is -1.51. The van der Waals surface area contributed by atoms with Gasteiger partial charge in [0.2, 0.25) is 0 Å². The Morgan fingerprint density at radius 3 is 2.22 bits per heavy atom. The van der Waals surface area contributed by atoms with E-state index in [4.69, 9.17) is 14.6 Å². The summed E-state index contributed by atoms with van der Waals surface area (Å²) in [6, 6.07) is 6.88. The molecule has 0 atom stereocenters. The SMILES string of the molecule is CC1(C)OB(c2cccc(O)c2C#N)OC1(C)C. The van der Waals surface area contributed by atoms with E-state index in [2.05, 4.69) is 0 Å². The van der Waals surface area contributed by atoms with Crippen LogP contribution in [-0.4, -0.2) is 23.4 Å². The molecule has 0 radical (unpaired) electrons. The molecule has 18 heavy (non-hydrogen) atoms. The highest BCUT2D eigenvalue weighted by molar-refractivity contribution is 6.63. The standard InChI is InChI=1S/C13H16BNO3/c1-12(2)13(3,4)18-14(17-12)10-6-5-7-11(16)9(10)8-15/h5-7,16H,1-4H3. The third kappa shape index (κ3) is 1.88. The minimum absolute atomic E-state index is 0.0512. The van der Waals surface area contributed by atoms with Crippen molar-refractivity contribution in [3.63, 3.8) is 0 Å². The van der Waals surface area contributed by atoms with Crippen LogP contribution in [0.3, 0.4) is 0 Å². The predicted octanol–water partition coefficient (Wildman–Crippen LogP) is 1.56. The van der Waals surface area contributed by atoms with Gasteiger partial charge in [0.25, 0.3) is 0 Å². The number of rotatable bonds is 1. The molecule has 1 aromatic rings. The van der Waals surface area contributed by atoms with E-state index in [1.54, 1.807) is 12.1 Å². The second-order valence-corrected chi connectivity index (χ2v) is 5.44. The molecule has 0 unspecified atom stereocenters. The molecule has 94 valence electrons. The number of nitrogens with zero attached hydrogens (tertiary/aromatic N) is 1. The molecule has 1 heterocycles. The van der Waals surface area contributed by atoms with Crippen LogP contribution in [0.15, 0.2) is 18.2 Å². The second kappa shape index (κ2) is 4.01. The highest BCUT2D eigenvalue weighted by Crippen LogP contribution is 2.36. The van der Waals surface area contributed by atoms with Crippen LogP contribution in [0.1, 0.15) is 33.3 Å². The molecule has 1 saturated heterocycles. The Kier molecular flexibility index (Phi) is 2.88. The summed E-state index contributed by atoms with van der Waals surface area (Å²) in [5.74, 6) is -0.0512. The number of phenols is 1. The molecule has 0 spiro atoms. The van der Waals surface area contributed by atoms with Gasteiger partial charge in [0.05, 0.1) is 16.8 Å². The third-order valence-corrected chi connectivity index (χ3v) is 3.69. The van der Waals surface area contributed by atoms with E-state index in [0.29, 0.717) is 5.46 Å². The van der Waals surface area contributed by atoms with Gasteiger partial charge in [-0.15, -0.1) is 0 Å². The molecule has 0 aromatic heterocycles. The normalized spacial score (nSPS) is 20.7. The molecular weight excluding hydrogens is 229 g/mol. The first-order chi connectivity index (χ1) is 8.28. The van der Waals surface area contributed by atoms with Crippen molar-refractivity contribution in [3.8, 4) is 11.8 Å². The lowest BCUT2D eigenvalue weighted by atomic mass is 9.76. The second-order valence-electron chi connectivity index (χ2n) is 5.44. The van der Waals surface area contributed by atoms with E-state index in [-0.39, 0.29) is 11.3 Å². The first-order valence-electron chi connectivity index (χ1n) is 5.86. The smallest absolute Gasteiger partial charge is 0.496 e. The molecule has 0 saturated carbocycles. The lowest BCUT2D eigenvalue weighted by molar-refractivity contribution is 0.00578. The van der Waals surface area contributed by atoms with E-state index >= 15 is 0 Å². The van der Waals surface area contributed by atoms with Crippen LogP contribution in [0.2, 0.25) is 0 Å². The van der Waals surface area contributed by atoms with Crippen molar-refractivity contribution >= 4 is 12.6 Å². The Balaban J connectivity index is 2.42. The highest BCUT2D eigenvalue weighted by Gasteiger charge is 2.52. The highest BCUT2D eigenvalue weighted by atomic mass is 16.7. The fourth-order valence-corrected chi connectivity index (χ4v) is 1.85. The van der Waals surface area contributed by atoms with Crippen molar-refractivity contribution < 1.29 is 14.4 Å². The van der Waals surface area contributed by atoms with Gasteiger partial charge in [-0.3, -0.25) is 0 Å². The van der Waals surface area contributed by atoms with Gasteiger partial charge >= 0.3 is 7.12 Å². The molecule has 1 fully saturated rings. The molecule has 1 aromatic carbocycles. The van der Waals surface area contributed by atoms with Crippen molar-refractivity contribution in [1.82, 2.24) is 0 Å². The summed E-state index contributed by atoms with van der Waals surface area (Å²) < 4.78 is 11.7. The number of nitriles is 1. The van der Waals surface area contributed by atoms with Crippen LogP contribution >= 0.6 is 0 Å². The minimum Gasteiger partial charge on any atom is -0.507 e. The number of benzene rings is 1. The van der Waals surface area contributed by atoms with Gasteiger partial charge in [0, 0.05) is 5.46 Å². The van der Waals surface area contributed by atoms with E-state index in [0.717, 1.165) is 0 Å². The lowest BCUT2D eigenvalue weighted by Gasteiger charge is -2.32. The molecule has 0 aliphatic carbocycles. The van der Waals surface area contributed by atoms with E-state index in [1.165, 1.54) is 6.07 Å². The maximum Gasteiger partial charge on any atom is 0.496 e. The summed E-state index contributed by atoms with van der Waals surface area (Å²) in [4.78, 5) is 0. The lowest BCUT2D eigenvalue weighted by Crippen LogP contribution is -2.41. The minimum atomic E-state index is -0.628. The number of hydrogen-bond acceptors (Lipinski definition) is 4. The zero-order chi connectivity index (χ0) is 13.6. The van der Waals surface area contributed by atoms with E-state index in [1.807, 2.05) is 33.8 Å². The largest absolute Gasteiger partial charge is 0.507 e. The maximum absolute atomic E-state index is 9.68. The Morgan fingerprint density at radius 1 is 1.17 bits per heavy atom. The van der Waals surface area contributed by atoms with Crippen LogP contribution in [0.25, 0.3) is 0 Å². The summed E-state index contributed by atoms with van der Waals surface area (Å²) in [6.45, 7) is 7.79. The number of phenolic OH excluding ortho intramolecular Hbond substituents is 1. The third-order valence-electron chi connectivity index (χ3n) is 3.69. The molecule has 1 N–H and O–H groups in total. The molecule has 0 bridgehead atoms. The van der Waals surface area contributed by atoms with Crippen molar-refractivity contribution in [2.45, 2.75) is 38.9 Å². The molecule has 1 aliphatic heterocycles. The van der Waals surface area contributed by atoms with Gasteiger partial charge in [-0.2, -0.15) is 5.26 Å². The Morgan fingerprint density at radius 2 is 1.72 bits per heavy atom. The van der Waals surface area contributed by atoms with Gasteiger partial charge in [-0.05, 0) is 33.8 Å². The van der Waals surface area contributed by atoms with Crippen LogP contribution < -0.4 is 5.46 Å². The average molecular weight is 245 g/mol. The van der Waals surface area contributed by atoms with Crippen molar-refractivity contribution in [3.05, 3.63) is 23.8 Å².